The van der Waals surface area contributed by atoms with Crippen LogP contribution in [-0.4, -0.2) is 67.7 Å². The molecular formula is C10H15Cl2NO5S. The van der Waals surface area contributed by atoms with E-state index in [0.717, 1.165) is 0 Å². The molecule has 6 nitrogen and oxygen atoms in total. The van der Waals surface area contributed by atoms with Gasteiger partial charge in [-0.2, -0.15) is 0 Å². The predicted octanol–water partition coefficient (Wildman–Crippen LogP) is 0.0229. The summed E-state index contributed by atoms with van der Waals surface area (Å²) in [4.78, 5) is 23.9. The van der Waals surface area contributed by atoms with E-state index in [4.69, 9.17) is 27.9 Å². The number of carbonyl (C=O) groups is 2. The van der Waals surface area contributed by atoms with Gasteiger partial charge in [-0.05, 0) is 6.42 Å². The van der Waals surface area contributed by atoms with Crippen LogP contribution in [0.25, 0.3) is 0 Å². The summed E-state index contributed by atoms with van der Waals surface area (Å²) < 4.78 is 27.6. The van der Waals surface area contributed by atoms with Crippen molar-refractivity contribution in [3.8, 4) is 0 Å². The first-order chi connectivity index (χ1) is 8.89. The first-order valence-electron chi connectivity index (χ1n) is 5.67. The van der Waals surface area contributed by atoms with Crippen LogP contribution in [0.5, 0.6) is 0 Å². The molecule has 1 aliphatic rings. The number of rotatable bonds is 6. The van der Waals surface area contributed by atoms with E-state index in [1.807, 2.05) is 0 Å². The van der Waals surface area contributed by atoms with Crippen LogP contribution in [-0.2, 0) is 24.2 Å². The number of amides is 1. The predicted molar refractivity (Wildman–Crippen MR) is 71.2 cm³/mol. The van der Waals surface area contributed by atoms with Crippen molar-refractivity contribution in [3.05, 3.63) is 0 Å². The summed E-state index contributed by atoms with van der Waals surface area (Å²) in [7, 11) is -3.09. The van der Waals surface area contributed by atoms with Gasteiger partial charge in [0.2, 0.25) is 5.91 Å². The average Bonchev–Trinajstić information content (AvgIpc) is 2.73. The fourth-order valence-corrected chi connectivity index (χ4v) is 3.87. The lowest BCUT2D eigenvalue weighted by Crippen LogP contribution is -2.44. The zero-order chi connectivity index (χ0) is 14.5. The van der Waals surface area contributed by atoms with Gasteiger partial charge in [-0.3, -0.25) is 9.59 Å². The van der Waals surface area contributed by atoms with Crippen LogP contribution < -0.4 is 0 Å². The summed E-state index contributed by atoms with van der Waals surface area (Å²) in [6.07, 6.45) is 0.383. The van der Waals surface area contributed by atoms with Crippen LogP contribution in [0, 0.1) is 0 Å². The van der Waals surface area contributed by atoms with Crippen molar-refractivity contribution in [1.82, 2.24) is 4.90 Å². The van der Waals surface area contributed by atoms with E-state index in [2.05, 4.69) is 0 Å². The number of ether oxygens (including phenoxy) is 1. The van der Waals surface area contributed by atoms with Gasteiger partial charge in [-0.25, -0.2) is 8.42 Å². The number of halogens is 2. The second-order valence-corrected chi connectivity index (χ2v) is 6.89. The zero-order valence-corrected chi connectivity index (χ0v) is 12.5. The van der Waals surface area contributed by atoms with E-state index in [1.165, 1.54) is 4.90 Å². The van der Waals surface area contributed by atoms with Crippen molar-refractivity contribution in [1.29, 1.82) is 0 Å². The molecule has 0 N–H and O–H groups in total. The molecule has 1 saturated heterocycles. The molecule has 1 aliphatic heterocycles. The highest BCUT2D eigenvalue weighted by Gasteiger charge is 2.34. The molecule has 0 bridgehead atoms. The third kappa shape index (κ3) is 5.16. The summed E-state index contributed by atoms with van der Waals surface area (Å²) in [5, 5.41) is 0. The van der Waals surface area contributed by atoms with E-state index in [-0.39, 0.29) is 42.3 Å². The first kappa shape index (κ1) is 16.5. The smallest absolute Gasteiger partial charge is 0.320 e. The zero-order valence-electron chi connectivity index (χ0n) is 10.2. The molecule has 1 rings (SSSR count). The molecule has 0 aliphatic carbocycles. The van der Waals surface area contributed by atoms with Gasteiger partial charge >= 0.3 is 5.97 Å². The van der Waals surface area contributed by atoms with E-state index >= 15 is 0 Å². The number of carbonyl (C=O) groups excluding carboxylic acids is 2. The Kier molecular flexibility index (Phi) is 6.35. The number of hydrogen-bond donors (Lipinski definition) is 0. The van der Waals surface area contributed by atoms with Gasteiger partial charge in [0, 0.05) is 6.04 Å². The lowest BCUT2D eigenvalue weighted by molar-refractivity contribution is -0.143. The second-order valence-electron chi connectivity index (χ2n) is 4.13. The molecule has 0 unspecified atom stereocenters. The fraction of sp³-hybridized carbons (Fsp3) is 0.800. The second kappa shape index (κ2) is 7.31. The van der Waals surface area contributed by atoms with Crippen LogP contribution in [0.3, 0.4) is 0 Å². The normalized spacial score (nSPS) is 21.1. The Labute approximate surface area is 121 Å². The molecule has 9 heteroatoms. The van der Waals surface area contributed by atoms with Crippen LogP contribution >= 0.6 is 23.2 Å². The Balaban J connectivity index is 2.58. The molecule has 0 aromatic heterocycles. The van der Waals surface area contributed by atoms with Crippen molar-refractivity contribution >= 4 is 44.9 Å². The average molecular weight is 332 g/mol. The van der Waals surface area contributed by atoms with Gasteiger partial charge < -0.3 is 9.64 Å². The minimum atomic E-state index is -3.09. The van der Waals surface area contributed by atoms with Gasteiger partial charge in [-0.15, -0.1) is 23.2 Å². The molecule has 0 aromatic rings. The highest BCUT2D eigenvalue weighted by Crippen LogP contribution is 2.18. The summed E-state index contributed by atoms with van der Waals surface area (Å²) in [6.45, 7) is 0.0963. The van der Waals surface area contributed by atoms with Crippen molar-refractivity contribution in [2.75, 3.05) is 36.4 Å². The summed E-state index contributed by atoms with van der Waals surface area (Å²) in [5.41, 5.74) is 0. The molecule has 1 atom stereocenters. The maximum atomic E-state index is 11.7. The number of sulfone groups is 1. The summed E-state index contributed by atoms with van der Waals surface area (Å²) in [6, 6.07) is -0.397. The topological polar surface area (TPSA) is 80.8 Å². The SMILES string of the molecule is O=C(CCl)OCCN(C(=O)CCl)[C@H]1CCS(=O)(=O)C1. The number of alkyl halides is 2. The van der Waals surface area contributed by atoms with Crippen molar-refractivity contribution in [2.45, 2.75) is 12.5 Å². The standard InChI is InChI=1S/C10H15Cl2NO5S/c11-5-9(14)13(2-3-18-10(15)6-12)8-1-4-19(16,17)7-8/h8H,1-7H2/t8-/m0/s1. The lowest BCUT2D eigenvalue weighted by Gasteiger charge is -2.27. The maximum absolute atomic E-state index is 11.7. The Morgan fingerprint density at radius 2 is 1.95 bits per heavy atom. The number of nitrogens with zero attached hydrogens (tertiary/aromatic N) is 1. The quantitative estimate of drug-likeness (QED) is 0.506. The largest absolute Gasteiger partial charge is 0.463 e. The molecule has 0 radical (unpaired) electrons. The van der Waals surface area contributed by atoms with E-state index in [0.29, 0.717) is 6.42 Å². The van der Waals surface area contributed by atoms with Crippen molar-refractivity contribution < 1.29 is 22.7 Å². The molecule has 0 spiro atoms. The van der Waals surface area contributed by atoms with Gasteiger partial charge in [0.15, 0.2) is 9.84 Å². The van der Waals surface area contributed by atoms with Crippen molar-refractivity contribution in [2.24, 2.45) is 0 Å². The Morgan fingerprint density at radius 3 is 2.42 bits per heavy atom. The number of hydrogen-bond acceptors (Lipinski definition) is 5. The monoisotopic (exact) mass is 331 g/mol. The minimum Gasteiger partial charge on any atom is -0.463 e. The van der Waals surface area contributed by atoms with E-state index < -0.39 is 21.8 Å². The maximum Gasteiger partial charge on any atom is 0.320 e. The Bertz CT molecular complexity index is 439. The number of esters is 1. The molecule has 1 heterocycles. The molecule has 1 amide bonds. The van der Waals surface area contributed by atoms with Crippen molar-refractivity contribution in [3.63, 3.8) is 0 Å². The fourth-order valence-electron chi connectivity index (χ4n) is 1.91. The van der Waals surface area contributed by atoms with Gasteiger partial charge in [0.1, 0.15) is 18.4 Å². The highest BCUT2D eigenvalue weighted by atomic mass is 35.5. The molecule has 0 aromatic carbocycles. The lowest BCUT2D eigenvalue weighted by atomic mass is 10.2. The Morgan fingerprint density at radius 1 is 1.26 bits per heavy atom. The van der Waals surface area contributed by atoms with E-state index in [1.54, 1.807) is 0 Å². The molecule has 110 valence electrons. The third-order valence-corrected chi connectivity index (χ3v) is 4.99. The molecule has 0 saturated carbocycles. The summed E-state index contributed by atoms with van der Waals surface area (Å²) >= 11 is 10.8. The third-order valence-electron chi connectivity index (χ3n) is 2.79. The minimum absolute atomic E-state index is 0.0231. The van der Waals surface area contributed by atoms with Crippen LogP contribution in [0.2, 0.25) is 0 Å². The van der Waals surface area contributed by atoms with Crippen LogP contribution in [0.15, 0.2) is 0 Å². The van der Waals surface area contributed by atoms with Crippen LogP contribution in [0.1, 0.15) is 6.42 Å². The molecule has 1 fully saturated rings. The molecule has 19 heavy (non-hydrogen) atoms. The first-order valence-corrected chi connectivity index (χ1v) is 8.56. The van der Waals surface area contributed by atoms with Gasteiger partial charge in [0.25, 0.3) is 0 Å². The Hall–Kier alpha value is -0.530. The molecular weight excluding hydrogens is 317 g/mol. The highest BCUT2D eigenvalue weighted by molar-refractivity contribution is 7.91. The van der Waals surface area contributed by atoms with Crippen LogP contribution in [0.4, 0.5) is 0 Å². The van der Waals surface area contributed by atoms with E-state index in [9.17, 15) is 18.0 Å². The van der Waals surface area contributed by atoms with Gasteiger partial charge in [0.05, 0.1) is 18.1 Å². The summed E-state index contributed by atoms with van der Waals surface area (Å²) in [5.74, 6) is -1.46. The van der Waals surface area contributed by atoms with Gasteiger partial charge in [-0.1, -0.05) is 0 Å².